The van der Waals surface area contributed by atoms with Crippen molar-refractivity contribution in [1.82, 2.24) is 10.2 Å². The topological polar surface area (TPSA) is 206 Å². The third-order valence-electron chi connectivity index (χ3n) is 4.28. The third kappa shape index (κ3) is 32.3. The summed E-state index contributed by atoms with van der Waals surface area (Å²) < 4.78 is 4.49. The van der Waals surface area contributed by atoms with Gasteiger partial charge in [-0.2, -0.15) is 0 Å². The zero-order chi connectivity index (χ0) is 25.7. The maximum absolute atomic E-state index is 11.8. The van der Waals surface area contributed by atoms with Crippen LogP contribution in [0.4, 0.5) is 4.79 Å². The van der Waals surface area contributed by atoms with Gasteiger partial charge >= 0.3 is 6.09 Å². The first-order chi connectivity index (χ1) is 15.8. The van der Waals surface area contributed by atoms with Crippen molar-refractivity contribution in [1.29, 1.82) is 0 Å². The van der Waals surface area contributed by atoms with Gasteiger partial charge in [0.15, 0.2) is 0 Å². The molecule has 0 aromatic carbocycles. The number of amides is 3. The van der Waals surface area contributed by atoms with Crippen molar-refractivity contribution in [2.75, 3.05) is 52.4 Å². The van der Waals surface area contributed by atoms with Gasteiger partial charge in [-0.15, -0.1) is 0 Å². The Morgan fingerprint density at radius 2 is 1.30 bits per heavy atom. The Bertz CT molecular complexity index is 444. The molecular weight excluding hydrogens is 426 g/mol. The summed E-state index contributed by atoms with van der Waals surface area (Å²) in [6, 6.07) is 0. The van der Waals surface area contributed by atoms with Crippen LogP contribution < -0.4 is 34.0 Å². The second-order valence-electron chi connectivity index (χ2n) is 7.38. The maximum atomic E-state index is 11.8. The largest absolute Gasteiger partial charge is 0.448 e. The number of nitrogens with zero attached hydrogens (tertiary/aromatic N) is 1. The van der Waals surface area contributed by atoms with Gasteiger partial charge in [0.25, 0.3) is 0 Å². The first-order valence-corrected chi connectivity index (χ1v) is 12.1. The first kappa shape index (κ1) is 35.6. The number of unbranched alkanes of at least 4 members (excludes halogenated alkanes) is 6. The molecule has 0 aromatic heterocycles. The smallest absolute Gasteiger partial charge is 0.404 e. The van der Waals surface area contributed by atoms with Crippen LogP contribution in [0, 0.1) is 0 Å². The van der Waals surface area contributed by atoms with E-state index in [0.717, 1.165) is 45.2 Å². The summed E-state index contributed by atoms with van der Waals surface area (Å²) in [4.78, 5) is 35.3. The van der Waals surface area contributed by atoms with Gasteiger partial charge in [0.1, 0.15) is 6.61 Å². The molecule has 0 aromatic rings. The van der Waals surface area contributed by atoms with Crippen LogP contribution in [0.1, 0.15) is 71.6 Å². The van der Waals surface area contributed by atoms with Crippen molar-refractivity contribution in [2.45, 2.75) is 71.6 Å². The lowest BCUT2D eigenvalue weighted by Crippen LogP contribution is -2.44. The molecule has 0 saturated heterocycles. The Kier molecular flexibility index (Phi) is 32.5. The highest BCUT2D eigenvalue weighted by Crippen LogP contribution is 2.04. The molecule has 0 spiro atoms. The van der Waals surface area contributed by atoms with Gasteiger partial charge in [0, 0.05) is 6.54 Å². The molecule has 0 bridgehead atoms. The molecule has 0 radical (unpaired) electrons. The first-order valence-electron chi connectivity index (χ1n) is 12.1. The molecule has 0 saturated carbocycles. The fourth-order valence-corrected chi connectivity index (χ4v) is 2.38. The normalized spacial score (nSPS) is 9.64. The molecule has 0 aliphatic heterocycles. The van der Waals surface area contributed by atoms with E-state index < -0.39 is 6.09 Å². The molecule has 0 rings (SSSR count). The van der Waals surface area contributed by atoms with Crippen LogP contribution in [0.5, 0.6) is 0 Å². The number of nitrogens with two attached hydrogens (primary N) is 5. The van der Waals surface area contributed by atoms with E-state index in [-0.39, 0.29) is 38.1 Å². The lowest BCUT2D eigenvalue weighted by molar-refractivity contribution is -0.135. The quantitative estimate of drug-likeness (QED) is 0.161. The van der Waals surface area contributed by atoms with Crippen molar-refractivity contribution >= 4 is 17.9 Å². The van der Waals surface area contributed by atoms with Crippen molar-refractivity contribution in [3.05, 3.63) is 0 Å². The van der Waals surface area contributed by atoms with E-state index in [9.17, 15) is 14.4 Å². The lowest BCUT2D eigenvalue weighted by atomic mass is 10.1. The summed E-state index contributed by atoms with van der Waals surface area (Å²) in [5.74, 6) is -0.599. The van der Waals surface area contributed by atoms with Gasteiger partial charge in [-0.05, 0) is 45.3 Å². The number of ether oxygens (including phenoxy) is 1. The molecule has 0 heterocycles. The molecule has 0 unspecified atom stereocenters. The highest BCUT2D eigenvalue weighted by molar-refractivity contribution is 5.85. The number of hydrogen-bond donors (Lipinski definition) is 6. The van der Waals surface area contributed by atoms with Gasteiger partial charge in [0.05, 0.1) is 19.6 Å². The van der Waals surface area contributed by atoms with Gasteiger partial charge in [0.2, 0.25) is 11.8 Å². The summed E-state index contributed by atoms with van der Waals surface area (Å²) in [6.45, 7) is 7.08. The summed E-state index contributed by atoms with van der Waals surface area (Å²) >= 11 is 0. The predicted molar refractivity (Wildman–Crippen MR) is 134 cm³/mol. The minimum absolute atomic E-state index is 0.00689. The standard InChI is InChI=1S/C14H29N5O4.2C4H11N/c15-6-4-2-1-3-5-8-19(13(21)10-16)11-12(20)18-7-9-23-14(17)22;2*1-2-3-4-5/h1-11,15-16H2,(H2,17,22)(H,18,20);2*2-5H2,1H3. The maximum Gasteiger partial charge on any atom is 0.404 e. The van der Waals surface area contributed by atoms with Crippen LogP contribution in [0.25, 0.3) is 0 Å². The summed E-state index contributed by atoms with van der Waals surface area (Å²) in [5.41, 5.74) is 25.9. The number of rotatable bonds is 17. The highest BCUT2D eigenvalue weighted by atomic mass is 16.5. The fourth-order valence-electron chi connectivity index (χ4n) is 2.38. The van der Waals surface area contributed by atoms with Crippen LogP contribution in [-0.2, 0) is 14.3 Å². The second-order valence-corrected chi connectivity index (χ2v) is 7.38. The Hall–Kier alpha value is -1.95. The number of hydrogen-bond acceptors (Lipinski definition) is 8. The third-order valence-corrected chi connectivity index (χ3v) is 4.28. The molecule has 11 heteroatoms. The summed E-state index contributed by atoms with van der Waals surface area (Å²) in [6.07, 6.45) is 8.79. The van der Waals surface area contributed by atoms with Crippen molar-refractivity contribution in [3.8, 4) is 0 Å². The van der Waals surface area contributed by atoms with Gasteiger partial charge in [-0.25, -0.2) is 4.79 Å². The van der Waals surface area contributed by atoms with E-state index in [4.69, 9.17) is 28.7 Å². The summed E-state index contributed by atoms with van der Waals surface area (Å²) in [7, 11) is 0. The molecule has 3 amide bonds. The van der Waals surface area contributed by atoms with Crippen molar-refractivity contribution in [3.63, 3.8) is 0 Å². The SMILES string of the molecule is CCCCN.CCCCN.NCCCCCCCN(CC(=O)NCCOC(N)=O)C(=O)CN. The Morgan fingerprint density at radius 1 is 0.788 bits per heavy atom. The lowest BCUT2D eigenvalue weighted by Gasteiger charge is -2.21. The number of carbonyl (C=O) groups excluding carboxylic acids is 3. The molecule has 198 valence electrons. The molecule has 11 nitrogen and oxygen atoms in total. The second kappa shape index (κ2) is 30.0. The molecular formula is C22H51N7O4. The van der Waals surface area contributed by atoms with Crippen LogP contribution in [0.15, 0.2) is 0 Å². The minimum Gasteiger partial charge on any atom is -0.448 e. The average Bonchev–Trinajstić information content (AvgIpc) is 2.79. The molecule has 0 atom stereocenters. The Balaban J connectivity index is -0.000000746. The summed E-state index contributed by atoms with van der Waals surface area (Å²) in [5, 5.41) is 2.55. The van der Waals surface area contributed by atoms with E-state index in [0.29, 0.717) is 13.1 Å². The van der Waals surface area contributed by atoms with Crippen LogP contribution in [-0.4, -0.2) is 75.2 Å². The zero-order valence-electron chi connectivity index (χ0n) is 21.0. The van der Waals surface area contributed by atoms with Gasteiger partial charge < -0.3 is 43.6 Å². The van der Waals surface area contributed by atoms with Crippen LogP contribution >= 0.6 is 0 Å². The van der Waals surface area contributed by atoms with Crippen molar-refractivity contribution < 1.29 is 19.1 Å². The molecule has 0 aliphatic carbocycles. The van der Waals surface area contributed by atoms with E-state index in [1.54, 1.807) is 0 Å². The number of carbonyl (C=O) groups is 3. The van der Waals surface area contributed by atoms with E-state index in [1.807, 2.05) is 0 Å². The monoisotopic (exact) mass is 477 g/mol. The minimum atomic E-state index is -0.895. The van der Waals surface area contributed by atoms with Gasteiger partial charge in [-0.3, -0.25) is 9.59 Å². The van der Waals surface area contributed by atoms with E-state index >= 15 is 0 Å². The fraction of sp³-hybridized carbons (Fsp3) is 0.864. The van der Waals surface area contributed by atoms with E-state index in [2.05, 4.69) is 23.9 Å². The molecule has 33 heavy (non-hydrogen) atoms. The van der Waals surface area contributed by atoms with Crippen LogP contribution in [0.2, 0.25) is 0 Å². The highest BCUT2D eigenvalue weighted by Gasteiger charge is 2.15. The Labute approximate surface area is 200 Å². The predicted octanol–water partition coefficient (Wildman–Crippen LogP) is 0.385. The van der Waals surface area contributed by atoms with Crippen LogP contribution in [0.3, 0.4) is 0 Å². The number of primary amides is 1. The zero-order valence-corrected chi connectivity index (χ0v) is 21.0. The average molecular weight is 478 g/mol. The molecule has 11 N–H and O–H groups in total. The molecule has 0 aliphatic rings. The van der Waals surface area contributed by atoms with E-state index in [1.165, 1.54) is 30.6 Å². The number of nitrogens with one attached hydrogen (secondary N) is 1. The Morgan fingerprint density at radius 3 is 1.73 bits per heavy atom. The molecule has 0 fully saturated rings. The van der Waals surface area contributed by atoms with Gasteiger partial charge in [-0.1, -0.05) is 46.0 Å². The van der Waals surface area contributed by atoms with Crippen molar-refractivity contribution in [2.24, 2.45) is 28.7 Å².